The van der Waals surface area contributed by atoms with E-state index in [1.54, 1.807) is 18.2 Å². The van der Waals surface area contributed by atoms with E-state index in [0.717, 1.165) is 0 Å². The molecule has 0 radical (unpaired) electrons. The maximum Gasteiger partial charge on any atom is 0.266 e. The van der Waals surface area contributed by atoms with Crippen molar-refractivity contribution in [3.63, 3.8) is 0 Å². The molecule has 0 aliphatic rings. The van der Waals surface area contributed by atoms with Crippen LogP contribution in [-0.4, -0.2) is 28.5 Å². The highest BCUT2D eigenvalue weighted by Gasteiger charge is 2.13. The number of hydrogen-bond donors (Lipinski definition) is 2. The molecule has 2 aromatic rings. The van der Waals surface area contributed by atoms with E-state index in [1.165, 1.54) is 44.6 Å². The van der Waals surface area contributed by atoms with E-state index in [2.05, 4.69) is 5.32 Å². The zero-order valence-electron chi connectivity index (χ0n) is 14.6. The molecule has 0 bridgehead atoms. The third-order valence-corrected chi connectivity index (χ3v) is 4.47. The summed E-state index contributed by atoms with van der Waals surface area (Å²) >= 11 is 0. The van der Waals surface area contributed by atoms with Crippen LogP contribution in [0.3, 0.4) is 0 Å². The lowest BCUT2D eigenvalue weighted by Crippen LogP contribution is -2.14. The molecule has 0 aliphatic carbocycles. The van der Waals surface area contributed by atoms with Crippen LogP contribution in [0.25, 0.3) is 6.08 Å². The minimum Gasteiger partial charge on any atom is -0.497 e. The van der Waals surface area contributed by atoms with E-state index in [9.17, 15) is 18.5 Å². The molecule has 0 saturated heterocycles. The van der Waals surface area contributed by atoms with Crippen LogP contribution in [0.5, 0.6) is 11.5 Å². The number of primary sulfonamides is 1. The third-order valence-electron chi connectivity index (χ3n) is 3.54. The maximum absolute atomic E-state index is 12.4. The minimum absolute atomic E-state index is 0.0855. The van der Waals surface area contributed by atoms with E-state index in [1.807, 2.05) is 6.07 Å². The predicted octanol–water partition coefficient (Wildman–Crippen LogP) is 1.90. The third kappa shape index (κ3) is 5.07. The average molecular weight is 387 g/mol. The Hall–Kier alpha value is -3.35. The fourth-order valence-electron chi connectivity index (χ4n) is 2.18. The number of rotatable bonds is 6. The molecule has 0 aromatic heterocycles. The molecule has 0 spiro atoms. The highest BCUT2D eigenvalue weighted by Crippen LogP contribution is 2.26. The molecule has 3 N–H and O–H groups in total. The number of nitrogens with one attached hydrogen (secondary N) is 1. The van der Waals surface area contributed by atoms with Crippen LogP contribution in [-0.2, 0) is 14.8 Å². The fourth-order valence-corrected chi connectivity index (χ4v) is 2.70. The Morgan fingerprint density at radius 2 is 1.81 bits per heavy atom. The van der Waals surface area contributed by atoms with Crippen molar-refractivity contribution in [1.29, 1.82) is 5.26 Å². The smallest absolute Gasteiger partial charge is 0.266 e. The van der Waals surface area contributed by atoms with Crippen molar-refractivity contribution in [3.05, 3.63) is 53.6 Å². The van der Waals surface area contributed by atoms with Gasteiger partial charge >= 0.3 is 0 Å². The van der Waals surface area contributed by atoms with Gasteiger partial charge in [-0.15, -0.1) is 0 Å². The number of carbonyl (C=O) groups is 1. The van der Waals surface area contributed by atoms with Gasteiger partial charge in [-0.3, -0.25) is 4.79 Å². The molecule has 0 unspecified atom stereocenters. The molecule has 9 heteroatoms. The van der Waals surface area contributed by atoms with Crippen molar-refractivity contribution in [3.8, 4) is 17.6 Å². The molecule has 2 rings (SSSR count). The molecule has 1 amide bonds. The Morgan fingerprint density at radius 3 is 2.33 bits per heavy atom. The lowest BCUT2D eigenvalue weighted by molar-refractivity contribution is -0.112. The molecule has 2 aromatic carbocycles. The summed E-state index contributed by atoms with van der Waals surface area (Å²) in [6.45, 7) is 0. The van der Waals surface area contributed by atoms with Gasteiger partial charge in [-0.25, -0.2) is 13.6 Å². The number of nitrogens with two attached hydrogens (primary N) is 1. The van der Waals surface area contributed by atoms with Crippen LogP contribution >= 0.6 is 0 Å². The molecule has 0 saturated carbocycles. The quantitative estimate of drug-likeness (QED) is 0.575. The summed E-state index contributed by atoms with van der Waals surface area (Å²) in [5.41, 5.74) is 0.636. The van der Waals surface area contributed by atoms with Gasteiger partial charge in [0.15, 0.2) is 0 Å². The summed E-state index contributed by atoms with van der Waals surface area (Å²) < 4.78 is 32.9. The van der Waals surface area contributed by atoms with Gasteiger partial charge in [0, 0.05) is 11.3 Å². The summed E-state index contributed by atoms with van der Waals surface area (Å²) in [6, 6.07) is 12.1. The van der Waals surface area contributed by atoms with Crippen LogP contribution < -0.4 is 19.9 Å². The summed E-state index contributed by atoms with van der Waals surface area (Å²) in [7, 11) is -0.857. The second-order valence-corrected chi connectivity index (χ2v) is 6.86. The van der Waals surface area contributed by atoms with Crippen LogP contribution in [0.4, 0.5) is 5.69 Å². The van der Waals surface area contributed by atoms with Gasteiger partial charge < -0.3 is 14.8 Å². The molecule has 140 valence electrons. The van der Waals surface area contributed by atoms with Gasteiger partial charge in [-0.1, -0.05) is 0 Å². The Bertz CT molecular complexity index is 1020. The first-order valence-electron chi connectivity index (χ1n) is 7.56. The number of carbonyl (C=O) groups excluding carboxylic acids is 1. The number of anilines is 1. The van der Waals surface area contributed by atoms with Crippen molar-refractivity contribution in [2.45, 2.75) is 4.90 Å². The number of nitrogens with zero attached hydrogens (tertiary/aromatic N) is 1. The Morgan fingerprint density at radius 1 is 1.15 bits per heavy atom. The monoisotopic (exact) mass is 387 g/mol. The first-order chi connectivity index (χ1) is 12.8. The zero-order chi connectivity index (χ0) is 20.0. The molecule has 27 heavy (non-hydrogen) atoms. The highest BCUT2D eigenvalue weighted by atomic mass is 32.2. The van der Waals surface area contributed by atoms with Gasteiger partial charge in [0.2, 0.25) is 10.0 Å². The number of nitriles is 1. The second-order valence-electron chi connectivity index (χ2n) is 5.30. The van der Waals surface area contributed by atoms with Crippen LogP contribution in [0.1, 0.15) is 5.56 Å². The van der Waals surface area contributed by atoms with Crippen LogP contribution in [0.2, 0.25) is 0 Å². The first-order valence-corrected chi connectivity index (χ1v) is 9.11. The largest absolute Gasteiger partial charge is 0.497 e. The van der Waals surface area contributed by atoms with Gasteiger partial charge in [0.05, 0.1) is 19.1 Å². The second kappa shape index (κ2) is 8.35. The molecule has 0 fully saturated rings. The molecular weight excluding hydrogens is 370 g/mol. The lowest BCUT2D eigenvalue weighted by Gasteiger charge is -2.09. The standard InChI is InChI=1S/C18H17N3O5S/c1-25-15-5-8-17(26-2)12(10-15)9-13(11-19)18(22)21-14-3-6-16(7-4-14)27(20,23)24/h3-10H,1-2H3,(H,21,22)(H2,20,23,24)/b13-9+. The lowest BCUT2D eigenvalue weighted by atomic mass is 10.1. The van der Waals surface area contributed by atoms with Crippen molar-refractivity contribution in [2.24, 2.45) is 5.14 Å². The normalized spacial score (nSPS) is 11.4. The molecule has 0 heterocycles. The SMILES string of the molecule is COc1ccc(OC)c(/C=C(\C#N)C(=O)Nc2ccc(S(N)(=O)=O)cc2)c1. The Labute approximate surface area is 156 Å². The van der Waals surface area contributed by atoms with Gasteiger partial charge in [0.25, 0.3) is 5.91 Å². The van der Waals surface area contributed by atoms with E-state index in [-0.39, 0.29) is 10.5 Å². The number of sulfonamides is 1. The van der Waals surface area contributed by atoms with E-state index >= 15 is 0 Å². The van der Waals surface area contributed by atoms with Gasteiger partial charge in [0.1, 0.15) is 23.1 Å². The summed E-state index contributed by atoms with van der Waals surface area (Å²) in [5, 5.41) is 16.9. The van der Waals surface area contributed by atoms with E-state index < -0.39 is 15.9 Å². The summed E-state index contributed by atoms with van der Waals surface area (Å²) in [5.74, 6) is 0.345. The Balaban J connectivity index is 2.28. The topological polar surface area (TPSA) is 132 Å². The first kappa shape index (κ1) is 20.0. The average Bonchev–Trinajstić information content (AvgIpc) is 2.65. The van der Waals surface area contributed by atoms with Crippen LogP contribution in [0.15, 0.2) is 52.9 Å². The number of benzene rings is 2. The van der Waals surface area contributed by atoms with E-state index in [0.29, 0.717) is 22.7 Å². The fraction of sp³-hybridized carbons (Fsp3) is 0.111. The summed E-state index contributed by atoms with van der Waals surface area (Å²) in [4.78, 5) is 12.3. The minimum atomic E-state index is -3.83. The zero-order valence-corrected chi connectivity index (χ0v) is 15.4. The van der Waals surface area contributed by atoms with Crippen LogP contribution in [0, 0.1) is 11.3 Å². The number of ether oxygens (including phenoxy) is 2. The van der Waals surface area contributed by atoms with Gasteiger partial charge in [-0.2, -0.15) is 5.26 Å². The van der Waals surface area contributed by atoms with Crippen molar-refractivity contribution in [2.75, 3.05) is 19.5 Å². The molecule has 8 nitrogen and oxygen atoms in total. The predicted molar refractivity (Wildman–Crippen MR) is 99.6 cm³/mol. The number of amides is 1. The van der Waals surface area contributed by atoms with Gasteiger partial charge in [-0.05, 0) is 48.5 Å². The van der Waals surface area contributed by atoms with Crippen molar-refractivity contribution in [1.82, 2.24) is 0 Å². The molecule has 0 aliphatic heterocycles. The number of hydrogen-bond acceptors (Lipinski definition) is 6. The van der Waals surface area contributed by atoms with E-state index in [4.69, 9.17) is 14.6 Å². The molecule has 0 atom stereocenters. The van der Waals surface area contributed by atoms with Crippen molar-refractivity contribution < 1.29 is 22.7 Å². The number of methoxy groups -OCH3 is 2. The maximum atomic E-state index is 12.4. The summed E-state index contributed by atoms with van der Waals surface area (Å²) in [6.07, 6.45) is 1.37. The van der Waals surface area contributed by atoms with Crippen molar-refractivity contribution >= 4 is 27.7 Å². The highest BCUT2D eigenvalue weighted by molar-refractivity contribution is 7.89. The molecular formula is C18H17N3O5S. The Kier molecular flexibility index (Phi) is 6.18.